The Labute approximate surface area is 103 Å². The van der Waals surface area contributed by atoms with Crippen LogP contribution in [-0.4, -0.2) is 16.1 Å². The third-order valence-corrected chi connectivity index (χ3v) is 2.89. The van der Waals surface area contributed by atoms with Gasteiger partial charge in [0.25, 0.3) is 6.43 Å². The van der Waals surface area contributed by atoms with Crippen molar-refractivity contribution in [2.45, 2.75) is 12.3 Å². The number of carbonyl (C=O) groups is 1. The standard InChI is InChI=1S/C8H5ClF2INO2/c9-2-3-4(12)1-5(8(14)15)13-6(3)7(10)11/h1,7H,2H2,(H,14,15). The molecule has 0 aromatic carbocycles. The van der Waals surface area contributed by atoms with Gasteiger partial charge in [0.15, 0.2) is 0 Å². The highest BCUT2D eigenvalue weighted by atomic mass is 127. The Balaban J connectivity index is 3.38. The SMILES string of the molecule is O=C(O)c1cc(I)c(CCl)c(C(F)F)n1. The molecule has 0 fully saturated rings. The van der Waals surface area contributed by atoms with Crippen LogP contribution in [0.4, 0.5) is 8.78 Å². The third-order valence-electron chi connectivity index (χ3n) is 1.66. The molecule has 1 aromatic heterocycles. The average molecular weight is 347 g/mol. The Kier molecular flexibility index (Phi) is 4.21. The van der Waals surface area contributed by atoms with Crippen molar-refractivity contribution in [1.82, 2.24) is 4.98 Å². The number of alkyl halides is 3. The third kappa shape index (κ3) is 2.75. The van der Waals surface area contributed by atoms with E-state index >= 15 is 0 Å². The van der Waals surface area contributed by atoms with Crippen LogP contribution >= 0.6 is 34.2 Å². The fraction of sp³-hybridized carbons (Fsp3) is 0.250. The number of rotatable bonds is 3. The molecule has 0 unspecified atom stereocenters. The molecule has 1 aromatic rings. The highest BCUT2D eigenvalue weighted by Crippen LogP contribution is 2.26. The van der Waals surface area contributed by atoms with Crippen molar-refractivity contribution in [3.05, 3.63) is 26.6 Å². The quantitative estimate of drug-likeness (QED) is 0.675. The van der Waals surface area contributed by atoms with Crippen molar-refractivity contribution in [3.63, 3.8) is 0 Å². The van der Waals surface area contributed by atoms with Gasteiger partial charge in [-0.1, -0.05) is 0 Å². The normalized spacial score (nSPS) is 10.7. The van der Waals surface area contributed by atoms with Gasteiger partial charge in [-0.3, -0.25) is 0 Å². The summed E-state index contributed by atoms with van der Waals surface area (Å²) < 4.78 is 25.4. The summed E-state index contributed by atoms with van der Waals surface area (Å²) in [6, 6.07) is 1.21. The average Bonchev–Trinajstić information content (AvgIpc) is 2.16. The van der Waals surface area contributed by atoms with Gasteiger partial charge in [-0.05, 0) is 28.7 Å². The van der Waals surface area contributed by atoms with Gasteiger partial charge < -0.3 is 5.11 Å². The van der Waals surface area contributed by atoms with E-state index in [9.17, 15) is 13.6 Å². The van der Waals surface area contributed by atoms with Gasteiger partial charge in [0.1, 0.15) is 11.4 Å². The topological polar surface area (TPSA) is 50.2 Å². The number of halogens is 4. The van der Waals surface area contributed by atoms with Gasteiger partial charge in [0, 0.05) is 9.13 Å². The molecule has 82 valence electrons. The highest BCUT2D eigenvalue weighted by molar-refractivity contribution is 14.1. The molecule has 0 atom stereocenters. The minimum absolute atomic E-state index is 0.120. The van der Waals surface area contributed by atoms with Gasteiger partial charge >= 0.3 is 5.97 Å². The van der Waals surface area contributed by atoms with E-state index in [1.165, 1.54) is 6.07 Å². The minimum atomic E-state index is -2.83. The lowest BCUT2D eigenvalue weighted by Gasteiger charge is -2.08. The Morgan fingerprint density at radius 1 is 1.67 bits per heavy atom. The van der Waals surface area contributed by atoms with Gasteiger partial charge in [-0.15, -0.1) is 11.6 Å². The van der Waals surface area contributed by atoms with Crippen molar-refractivity contribution < 1.29 is 18.7 Å². The summed E-state index contributed by atoms with van der Waals surface area (Å²) in [5, 5.41) is 8.64. The summed E-state index contributed by atoms with van der Waals surface area (Å²) in [5.74, 6) is -1.46. The van der Waals surface area contributed by atoms with E-state index in [1.807, 2.05) is 0 Å². The molecule has 0 saturated carbocycles. The number of hydrogen-bond donors (Lipinski definition) is 1. The fourth-order valence-electron chi connectivity index (χ4n) is 0.981. The number of pyridine rings is 1. The van der Waals surface area contributed by atoms with Gasteiger partial charge in [0.05, 0.1) is 5.88 Å². The lowest BCUT2D eigenvalue weighted by molar-refractivity contribution is 0.0688. The summed E-state index contributed by atoms with van der Waals surface area (Å²) in [5.41, 5.74) is -0.782. The van der Waals surface area contributed by atoms with Crippen LogP contribution in [0.25, 0.3) is 0 Å². The number of aromatic nitrogens is 1. The lowest BCUT2D eigenvalue weighted by Crippen LogP contribution is -2.08. The van der Waals surface area contributed by atoms with Crippen LogP contribution in [0.15, 0.2) is 6.07 Å². The first-order chi connectivity index (χ1) is 6.97. The van der Waals surface area contributed by atoms with Crippen LogP contribution in [0.1, 0.15) is 28.2 Å². The molecule has 0 aliphatic carbocycles. The molecule has 1 heterocycles. The molecule has 0 radical (unpaired) electrons. The van der Waals surface area contributed by atoms with Crippen molar-refractivity contribution in [2.24, 2.45) is 0 Å². The van der Waals surface area contributed by atoms with Crippen LogP contribution in [0.5, 0.6) is 0 Å². The molecule has 7 heteroatoms. The molecule has 1 rings (SSSR count). The maximum Gasteiger partial charge on any atom is 0.354 e. The second-order valence-electron chi connectivity index (χ2n) is 2.59. The number of aromatic carboxylic acids is 1. The van der Waals surface area contributed by atoms with Crippen LogP contribution in [-0.2, 0) is 5.88 Å². The van der Waals surface area contributed by atoms with Crippen molar-refractivity contribution in [1.29, 1.82) is 0 Å². The van der Waals surface area contributed by atoms with Crippen molar-refractivity contribution in [3.8, 4) is 0 Å². The molecular weight excluding hydrogens is 342 g/mol. The summed E-state index contributed by atoms with van der Waals surface area (Å²) in [7, 11) is 0. The molecule has 1 N–H and O–H groups in total. The maximum absolute atomic E-state index is 12.5. The van der Waals surface area contributed by atoms with E-state index in [0.717, 1.165) is 0 Å². The molecule has 3 nitrogen and oxygen atoms in total. The first-order valence-electron chi connectivity index (χ1n) is 3.74. The van der Waals surface area contributed by atoms with Crippen LogP contribution in [0.2, 0.25) is 0 Å². The van der Waals surface area contributed by atoms with Gasteiger partial charge in [-0.2, -0.15) is 0 Å². The predicted molar refractivity (Wildman–Crippen MR) is 58.4 cm³/mol. The van der Waals surface area contributed by atoms with Crippen LogP contribution in [0, 0.1) is 3.57 Å². The largest absolute Gasteiger partial charge is 0.477 e. The zero-order valence-corrected chi connectivity index (χ0v) is 10.1. The Bertz CT molecular complexity index is 400. The van der Waals surface area contributed by atoms with E-state index in [2.05, 4.69) is 4.98 Å². The van der Waals surface area contributed by atoms with Gasteiger partial charge in [-0.25, -0.2) is 18.6 Å². The van der Waals surface area contributed by atoms with Crippen molar-refractivity contribution >= 4 is 40.2 Å². The summed E-state index contributed by atoms with van der Waals surface area (Å²) >= 11 is 7.24. The minimum Gasteiger partial charge on any atom is -0.477 e. The van der Waals surface area contributed by atoms with Crippen molar-refractivity contribution in [2.75, 3.05) is 0 Å². The van der Waals surface area contributed by atoms with E-state index in [4.69, 9.17) is 16.7 Å². The summed E-state index contributed by atoms with van der Waals surface area (Å²) in [6.45, 7) is 0. The predicted octanol–water partition coefficient (Wildman–Crippen LogP) is 3.06. The molecule has 0 aliphatic rings. The molecule has 0 amide bonds. The first-order valence-corrected chi connectivity index (χ1v) is 5.35. The summed E-state index contributed by atoms with van der Waals surface area (Å²) in [4.78, 5) is 13.9. The first kappa shape index (κ1) is 12.6. The smallest absolute Gasteiger partial charge is 0.354 e. The zero-order valence-electron chi connectivity index (χ0n) is 7.18. The van der Waals surface area contributed by atoms with E-state index in [1.54, 1.807) is 22.6 Å². The highest BCUT2D eigenvalue weighted by Gasteiger charge is 2.20. The fourth-order valence-corrected chi connectivity index (χ4v) is 2.25. The number of hydrogen-bond acceptors (Lipinski definition) is 2. The molecule has 0 bridgehead atoms. The Morgan fingerprint density at radius 3 is 2.67 bits per heavy atom. The monoisotopic (exact) mass is 347 g/mol. The Hall–Kier alpha value is -0.500. The van der Waals surface area contributed by atoms with Crippen LogP contribution < -0.4 is 0 Å². The number of carboxylic acids is 1. The molecular formula is C8H5ClF2INO2. The second kappa shape index (κ2) is 5.02. The second-order valence-corrected chi connectivity index (χ2v) is 4.02. The number of carboxylic acid groups (broad SMARTS) is 1. The number of nitrogens with zero attached hydrogens (tertiary/aromatic N) is 1. The van der Waals surface area contributed by atoms with Crippen LogP contribution in [0.3, 0.4) is 0 Å². The van der Waals surface area contributed by atoms with E-state index < -0.39 is 23.8 Å². The zero-order chi connectivity index (χ0) is 11.6. The maximum atomic E-state index is 12.5. The summed E-state index contributed by atoms with van der Waals surface area (Å²) in [6.07, 6.45) is -2.83. The van der Waals surface area contributed by atoms with E-state index in [0.29, 0.717) is 3.57 Å². The molecule has 15 heavy (non-hydrogen) atoms. The molecule has 0 spiro atoms. The Morgan fingerprint density at radius 2 is 2.27 bits per heavy atom. The lowest BCUT2D eigenvalue weighted by atomic mass is 10.2. The van der Waals surface area contributed by atoms with Gasteiger partial charge in [0.2, 0.25) is 0 Å². The van der Waals surface area contributed by atoms with E-state index in [-0.39, 0.29) is 11.4 Å². The molecule has 0 saturated heterocycles. The molecule has 0 aliphatic heterocycles.